The van der Waals surface area contributed by atoms with Crippen molar-refractivity contribution in [3.05, 3.63) is 34.6 Å². The standard InChI is InChI=1S/C14H20ClFN2O2/c1-19-13-7-18(8-14(13)20-2)12(6-17)9-3-10(15)5-11(16)4-9/h3-5,12-14H,6-8,17H2,1-2H3. The van der Waals surface area contributed by atoms with Gasteiger partial charge in [-0.05, 0) is 23.8 Å². The van der Waals surface area contributed by atoms with Crippen LogP contribution in [0.25, 0.3) is 0 Å². The molecule has 0 aliphatic carbocycles. The number of methoxy groups -OCH3 is 2. The van der Waals surface area contributed by atoms with Crippen LogP contribution in [0.2, 0.25) is 5.02 Å². The van der Waals surface area contributed by atoms with Gasteiger partial charge in [0.2, 0.25) is 0 Å². The molecule has 20 heavy (non-hydrogen) atoms. The van der Waals surface area contributed by atoms with Gasteiger partial charge in [-0.25, -0.2) is 4.39 Å². The number of nitrogens with two attached hydrogens (primary N) is 1. The van der Waals surface area contributed by atoms with Crippen molar-refractivity contribution in [2.24, 2.45) is 5.73 Å². The molecule has 0 spiro atoms. The van der Waals surface area contributed by atoms with E-state index in [1.165, 1.54) is 12.1 Å². The van der Waals surface area contributed by atoms with Crippen molar-refractivity contribution in [1.82, 2.24) is 4.90 Å². The molecule has 6 heteroatoms. The SMILES string of the molecule is COC1CN(C(CN)c2cc(F)cc(Cl)c2)CC1OC. The summed E-state index contributed by atoms with van der Waals surface area (Å²) >= 11 is 5.92. The number of rotatable bonds is 5. The third-order valence-electron chi connectivity index (χ3n) is 3.78. The third kappa shape index (κ3) is 3.30. The number of halogens is 2. The number of likely N-dealkylation sites (tertiary alicyclic amines) is 1. The monoisotopic (exact) mass is 302 g/mol. The second-order valence-electron chi connectivity index (χ2n) is 4.96. The van der Waals surface area contributed by atoms with E-state index in [9.17, 15) is 4.39 Å². The molecule has 4 nitrogen and oxygen atoms in total. The van der Waals surface area contributed by atoms with Crippen LogP contribution in [0.15, 0.2) is 18.2 Å². The molecule has 1 aromatic rings. The van der Waals surface area contributed by atoms with E-state index in [0.29, 0.717) is 24.7 Å². The Labute approximate surface area is 123 Å². The van der Waals surface area contributed by atoms with Crippen LogP contribution in [0.4, 0.5) is 4.39 Å². The zero-order chi connectivity index (χ0) is 14.7. The van der Waals surface area contributed by atoms with Crippen molar-refractivity contribution in [2.45, 2.75) is 18.2 Å². The first-order valence-electron chi connectivity index (χ1n) is 6.54. The van der Waals surface area contributed by atoms with E-state index in [1.807, 2.05) is 0 Å². The van der Waals surface area contributed by atoms with Crippen LogP contribution in [0.1, 0.15) is 11.6 Å². The Balaban J connectivity index is 2.20. The quantitative estimate of drug-likeness (QED) is 0.901. The molecule has 1 fully saturated rings. The lowest BCUT2D eigenvalue weighted by Crippen LogP contribution is -2.33. The van der Waals surface area contributed by atoms with Crippen LogP contribution in [-0.4, -0.2) is 51.0 Å². The van der Waals surface area contributed by atoms with E-state index in [4.69, 9.17) is 26.8 Å². The largest absolute Gasteiger partial charge is 0.377 e. The maximum absolute atomic E-state index is 13.5. The minimum Gasteiger partial charge on any atom is -0.377 e. The highest BCUT2D eigenvalue weighted by molar-refractivity contribution is 6.30. The average Bonchev–Trinajstić information content (AvgIpc) is 2.81. The van der Waals surface area contributed by atoms with Crippen LogP contribution >= 0.6 is 11.6 Å². The minimum atomic E-state index is -0.350. The molecular formula is C14H20ClFN2O2. The molecule has 1 aliphatic heterocycles. The summed E-state index contributed by atoms with van der Waals surface area (Å²) in [6.45, 7) is 1.78. The van der Waals surface area contributed by atoms with E-state index in [0.717, 1.165) is 5.56 Å². The van der Waals surface area contributed by atoms with Crippen molar-refractivity contribution in [2.75, 3.05) is 33.9 Å². The second-order valence-corrected chi connectivity index (χ2v) is 5.39. The summed E-state index contributed by atoms with van der Waals surface area (Å²) < 4.78 is 24.3. The van der Waals surface area contributed by atoms with Crippen molar-refractivity contribution < 1.29 is 13.9 Å². The Morgan fingerprint density at radius 1 is 1.30 bits per heavy atom. The molecule has 3 unspecified atom stereocenters. The first kappa shape index (κ1) is 15.7. The van der Waals surface area contributed by atoms with E-state index >= 15 is 0 Å². The predicted octanol–water partition coefficient (Wildman–Crippen LogP) is 1.82. The number of hydrogen-bond acceptors (Lipinski definition) is 4. The van der Waals surface area contributed by atoms with Crippen LogP contribution < -0.4 is 5.73 Å². The summed E-state index contributed by atoms with van der Waals surface area (Å²) in [6.07, 6.45) is -0.00355. The zero-order valence-electron chi connectivity index (χ0n) is 11.7. The van der Waals surface area contributed by atoms with Gasteiger partial charge in [-0.1, -0.05) is 11.6 Å². The molecule has 1 aliphatic rings. The van der Waals surface area contributed by atoms with Crippen molar-refractivity contribution in [1.29, 1.82) is 0 Å². The Bertz CT molecular complexity index is 429. The van der Waals surface area contributed by atoms with Gasteiger partial charge in [0.05, 0.1) is 12.2 Å². The average molecular weight is 303 g/mol. The molecular weight excluding hydrogens is 283 g/mol. The molecule has 0 bridgehead atoms. The fourth-order valence-electron chi connectivity index (χ4n) is 2.74. The molecule has 1 heterocycles. The fourth-order valence-corrected chi connectivity index (χ4v) is 2.97. The van der Waals surface area contributed by atoms with Crippen LogP contribution in [0.5, 0.6) is 0 Å². The Morgan fingerprint density at radius 2 is 1.90 bits per heavy atom. The van der Waals surface area contributed by atoms with Crippen molar-refractivity contribution in [3.63, 3.8) is 0 Å². The van der Waals surface area contributed by atoms with Gasteiger partial charge >= 0.3 is 0 Å². The number of hydrogen-bond donors (Lipinski definition) is 1. The molecule has 0 radical (unpaired) electrons. The molecule has 2 N–H and O–H groups in total. The maximum atomic E-state index is 13.5. The van der Waals surface area contributed by atoms with Gasteiger partial charge in [0.25, 0.3) is 0 Å². The first-order valence-corrected chi connectivity index (χ1v) is 6.92. The van der Waals surface area contributed by atoms with Crippen LogP contribution in [0.3, 0.4) is 0 Å². The summed E-state index contributed by atoms with van der Waals surface area (Å²) in [4.78, 5) is 2.15. The van der Waals surface area contributed by atoms with Gasteiger partial charge in [0, 0.05) is 44.9 Å². The number of ether oxygens (including phenoxy) is 2. The van der Waals surface area contributed by atoms with E-state index in [1.54, 1.807) is 20.3 Å². The number of benzene rings is 1. The lowest BCUT2D eigenvalue weighted by molar-refractivity contribution is -0.00461. The predicted molar refractivity (Wildman–Crippen MR) is 76.4 cm³/mol. The Morgan fingerprint density at radius 3 is 2.35 bits per heavy atom. The molecule has 112 valence electrons. The zero-order valence-corrected chi connectivity index (χ0v) is 12.4. The summed E-state index contributed by atoms with van der Waals surface area (Å²) in [5, 5.41) is 0.379. The van der Waals surface area contributed by atoms with Crippen molar-refractivity contribution >= 4 is 11.6 Å². The molecule has 1 saturated heterocycles. The molecule has 0 amide bonds. The summed E-state index contributed by atoms with van der Waals surface area (Å²) in [5.41, 5.74) is 6.65. The lowest BCUT2D eigenvalue weighted by atomic mass is 10.1. The van der Waals surface area contributed by atoms with Gasteiger partial charge in [-0.3, -0.25) is 4.90 Å². The lowest BCUT2D eigenvalue weighted by Gasteiger charge is -2.27. The van der Waals surface area contributed by atoms with Crippen LogP contribution in [0, 0.1) is 5.82 Å². The molecule has 0 aromatic heterocycles. The highest BCUT2D eigenvalue weighted by Crippen LogP contribution is 2.28. The highest BCUT2D eigenvalue weighted by atomic mass is 35.5. The topological polar surface area (TPSA) is 47.7 Å². The van der Waals surface area contributed by atoms with Gasteiger partial charge < -0.3 is 15.2 Å². The second kappa shape index (κ2) is 6.83. The smallest absolute Gasteiger partial charge is 0.125 e. The van der Waals surface area contributed by atoms with E-state index in [-0.39, 0.29) is 24.1 Å². The van der Waals surface area contributed by atoms with Gasteiger partial charge in [0.15, 0.2) is 0 Å². The Hall–Kier alpha value is -0.720. The molecule has 2 rings (SSSR count). The normalized spacial score (nSPS) is 25.1. The van der Waals surface area contributed by atoms with Crippen LogP contribution in [-0.2, 0) is 9.47 Å². The van der Waals surface area contributed by atoms with E-state index < -0.39 is 0 Å². The summed E-state index contributed by atoms with van der Waals surface area (Å²) in [5.74, 6) is -0.350. The fraction of sp³-hybridized carbons (Fsp3) is 0.571. The van der Waals surface area contributed by atoms with E-state index in [2.05, 4.69) is 4.90 Å². The van der Waals surface area contributed by atoms with Gasteiger partial charge in [0.1, 0.15) is 5.82 Å². The minimum absolute atomic E-state index is 0.00178. The van der Waals surface area contributed by atoms with Gasteiger partial charge in [-0.2, -0.15) is 0 Å². The molecule has 0 saturated carbocycles. The van der Waals surface area contributed by atoms with Crippen molar-refractivity contribution in [3.8, 4) is 0 Å². The Kier molecular flexibility index (Phi) is 5.35. The highest BCUT2D eigenvalue weighted by Gasteiger charge is 2.36. The van der Waals surface area contributed by atoms with Gasteiger partial charge in [-0.15, -0.1) is 0 Å². The molecule has 3 atom stereocenters. The number of nitrogens with zero attached hydrogens (tertiary/aromatic N) is 1. The summed E-state index contributed by atoms with van der Waals surface area (Å²) in [6, 6.07) is 4.43. The first-order chi connectivity index (χ1) is 9.58. The maximum Gasteiger partial charge on any atom is 0.125 e. The third-order valence-corrected chi connectivity index (χ3v) is 4.00. The summed E-state index contributed by atoms with van der Waals surface area (Å²) in [7, 11) is 3.33. The molecule has 1 aromatic carbocycles.